The molecular formula is C22H23N5O5S. The predicted molar refractivity (Wildman–Crippen MR) is 123 cm³/mol. The second kappa shape index (κ2) is 10.5. The number of aromatic nitrogens is 2. The van der Waals surface area contributed by atoms with E-state index in [1.807, 2.05) is 0 Å². The van der Waals surface area contributed by atoms with Crippen LogP contribution in [0.5, 0.6) is 11.5 Å². The first-order valence-electron chi connectivity index (χ1n) is 9.68. The van der Waals surface area contributed by atoms with Crippen LogP contribution in [-0.4, -0.2) is 44.5 Å². The Bertz CT molecular complexity index is 1280. The fourth-order valence-corrected chi connectivity index (χ4v) is 4.12. The third-order valence-corrected chi connectivity index (χ3v) is 5.88. The molecule has 0 fully saturated rings. The fraction of sp³-hybridized carbons (Fsp3) is 0.136. The maximum absolute atomic E-state index is 13.0. The Hall–Kier alpha value is -4.12. The SMILES string of the molecule is COc1cc(C(=O)NS(=O)(=O)c2cc(N=C/C=C\N)ccc2OC)ccc1Cn1cccn1. The molecule has 0 bridgehead atoms. The van der Waals surface area contributed by atoms with Crippen LogP contribution >= 0.6 is 0 Å². The van der Waals surface area contributed by atoms with Gasteiger partial charge in [-0.25, -0.2) is 13.1 Å². The highest BCUT2D eigenvalue weighted by molar-refractivity contribution is 7.90. The minimum absolute atomic E-state index is 0.0655. The Balaban J connectivity index is 1.86. The van der Waals surface area contributed by atoms with Crippen molar-refractivity contribution in [2.45, 2.75) is 11.4 Å². The van der Waals surface area contributed by atoms with E-state index in [-0.39, 0.29) is 16.2 Å². The normalized spacial score (nSPS) is 11.7. The van der Waals surface area contributed by atoms with E-state index in [0.717, 1.165) is 5.56 Å². The maximum atomic E-state index is 13.0. The molecule has 10 nitrogen and oxygen atoms in total. The average Bonchev–Trinajstić information content (AvgIpc) is 3.32. The number of benzene rings is 2. The highest BCUT2D eigenvalue weighted by Crippen LogP contribution is 2.29. The molecule has 0 atom stereocenters. The molecule has 0 spiro atoms. The fourth-order valence-electron chi connectivity index (χ4n) is 2.96. The molecule has 0 aliphatic carbocycles. The number of carbonyl (C=O) groups excluding carboxylic acids is 1. The number of nitrogens with zero attached hydrogens (tertiary/aromatic N) is 3. The summed E-state index contributed by atoms with van der Waals surface area (Å²) in [5, 5.41) is 4.14. The van der Waals surface area contributed by atoms with Crippen LogP contribution in [0.25, 0.3) is 0 Å². The van der Waals surface area contributed by atoms with Gasteiger partial charge in [0.15, 0.2) is 0 Å². The molecule has 11 heteroatoms. The lowest BCUT2D eigenvalue weighted by atomic mass is 10.1. The van der Waals surface area contributed by atoms with Gasteiger partial charge in [-0.2, -0.15) is 5.10 Å². The molecule has 0 aliphatic heterocycles. The van der Waals surface area contributed by atoms with Crippen molar-refractivity contribution in [2.75, 3.05) is 14.2 Å². The third-order valence-electron chi connectivity index (χ3n) is 4.53. The van der Waals surface area contributed by atoms with E-state index < -0.39 is 15.9 Å². The lowest BCUT2D eigenvalue weighted by Crippen LogP contribution is -2.31. The van der Waals surface area contributed by atoms with E-state index in [1.165, 1.54) is 57.0 Å². The van der Waals surface area contributed by atoms with Gasteiger partial charge in [0.2, 0.25) is 0 Å². The number of hydrogen-bond donors (Lipinski definition) is 2. The summed E-state index contributed by atoms with van der Waals surface area (Å²) in [7, 11) is -1.47. The predicted octanol–water partition coefficient (Wildman–Crippen LogP) is 2.24. The molecule has 0 aliphatic rings. The zero-order chi connectivity index (χ0) is 23.8. The summed E-state index contributed by atoms with van der Waals surface area (Å²) in [6.45, 7) is 0.431. The molecule has 1 amide bonds. The van der Waals surface area contributed by atoms with Crippen LogP contribution in [0.3, 0.4) is 0 Å². The number of hydrogen-bond acceptors (Lipinski definition) is 8. The summed E-state index contributed by atoms with van der Waals surface area (Å²) >= 11 is 0. The molecule has 3 N–H and O–H groups in total. The van der Waals surface area contributed by atoms with E-state index in [4.69, 9.17) is 15.2 Å². The van der Waals surface area contributed by atoms with Gasteiger partial charge >= 0.3 is 0 Å². The van der Waals surface area contributed by atoms with Crippen molar-refractivity contribution >= 4 is 27.8 Å². The van der Waals surface area contributed by atoms with Crippen LogP contribution in [0, 0.1) is 0 Å². The number of carbonyl (C=O) groups is 1. The standard InChI is InChI=1S/C22H23N5O5S/c1-31-19-8-7-18(24-10-3-9-23)14-21(19)33(29,30)26-22(28)16-5-6-17(20(13-16)32-2)15-27-12-4-11-25-27/h3-14H,15,23H2,1-2H3,(H,26,28)/b9-3-,24-10?. The number of sulfonamides is 1. The van der Waals surface area contributed by atoms with Crippen LogP contribution in [0.2, 0.25) is 0 Å². The first-order valence-corrected chi connectivity index (χ1v) is 11.2. The molecule has 1 aromatic heterocycles. The summed E-state index contributed by atoms with van der Waals surface area (Å²) < 4.78 is 40.2. The second-order valence-electron chi connectivity index (χ2n) is 6.66. The van der Waals surface area contributed by atoms with Crippen molar-refractivity contribution < 1.29 is 22.7 Å². The van der Waals surface area contributed by atoms with Gasteiger partial charge in [0.05, 0.1) is 26.5 Å². The van der Waals surface area contributed by atoms with Crippen LogP contribution in [-0.2, 0) is 16.6 Å². The van der Waals surface area contributed by atoms with Gasteiger partial charge in [-0.1, -0.05) is 6.07 Å². The zero-order valence-corrected chi connectivity index (χ0v) is 18.8. The monoisotopic (exact) mass is 469 g/mol. The van der Waals surface area contributed by atoms with Gasteiger partial charge < -0.3 is 15.2 Å². The minimum atomic E-state index is -4.27. The molecule has 172 valence electrons. The van der Waals surface area contributed by atoms with E-state index in [9.17, 15) is 13.2 Å². The summed E-state index contributed by atoms with van der Waals surface area (Å²) in [5.41, 5.74) is 6.49. The van der Waals surface area contributed by atoms with E-state index in [2.05, 4.69) is 14.8 Å². The van der Waals surface area contributed by atoms with Crippen LogP contribution < -0.4 is 19.9 Å². The van der Waals surface area contributed by atoms with Gasteiger partial charge in [0.25, 0.3) is 15.9 Å². The average molecular weight is 470 g/mol. The Morgan fingerprint density at radius 1 is 1.18 bits per heavy atom. The van der Waals surface area contributed by atoms with E-state index >= 15 is 0 Å². The molecule has 33 heavy (non-hydrogen) atoms. The van der Waals surface area contributed by atoms with Crippen molar-refractivity contribution in [1.29, 1.82) is 0 Å². The molecule has 0 unspecified atom stereocenters. The van der Waals surface area contributed by atoms with E-state index in [0.29, 0.717) is 18.0 Å². The molecular weight excluding hydrogens is 446 g/mol. The molecule has 0 radical (unpaired) electrons. The first-order chi connectivity index (χ1) is 15.9. The van der Waals surface area contributed by atoms with E-state index in [1.54, 1.807) is 35.3 Å². The van der Waals surface area contributed by atoms with Gasteiger partial charge in [-0.05, 0) is 48.7 Å². The van der Waals surface area contributed by atoms with Gasteiger partial charge in [-0.3, -0.25) is 14.5 Å². The van der Waals surface area contributed by atoms with Gasteiger partial charge in [0, 0.05) is 29.7 Å². The smallest absolute Gasteiger partial charge is 0.268 e. The molecule has 3 rings (SSSR count). The lowest BCUT2D eigenvalue weighted by molar-refractivity contribution is 0.0981. The zero-order valence-electron chi connectivity index (χ0n) is 18.0. The number of aliphatic imine (C=N–C) groups is 1. The summed E-state index contributed by atoms with van der Waals surface area (Å²) in [5.74, 6) is -0.325. The molecule has 3 aromatic rings. The molecule has 0 saturated heterocycles. The number of nitrogens with two attached hydrogens (primary N) is 1. The second-order valence-corrected chi connectivity index (χ2v) is 8.31. The number of allylic oxidation sites excluding steroid dienone is 1. The lowest BCUT2D eigenvalue weighted by Gasteiger charge is -2.13. The van der Waals surface area contributed by atoms with Crippen LogP contribution in [0.4, 0.5) is 5.69 Å². The summed E-state index contributed by atoms with van der Waals surface area (Å²) in [4.78, 5) is 16.6. The number of amides is 1. The van der Waals surface area contributed by atoms with Crippen LogP contribution in [0.1, 0.15) is 15.9 Å². The largest absolute Gasteiger partial charge is 0.496 e. The van der Waals surface area contributed by atoms with Gasteiger partial charge in [-0.15, -0.1) is 0 Å². The first kappa shape index (κ1) is 23.5. The number of ether oxygens (including phenoxy) is 2. The van der Waals surface area contributed by atoms with Gasteiger partial charge in [0.1, 0.15) is 16.4 Å². The van der Waals surface area contributed by atoms with Crippen LogP contribution in [0.15, 0.2) is 77.0 Å². The Morgan fingerprint density at radius 3 is 2.64 bits per heavy atom. The van der Waals surface area contributed by atoms with Crippen molar-refractivity contribution in [1.82, 2.24) is 14.5 Å². The maximum Gasteiger partial charge on any atom is 0.268 e. The summed E-state index contributed by atoms with van der Waals surface area (Å²) in [6.07, 6.45) is 7.64. The molecule has 1 heterocycles. The number of methoxy groups -OCH3 is 2. The molecule has 2 aromatic carbocycles. The van der Waals surface area contributed by atoms with Crippen molar-refractivity contribution in [3.8, 4) is 11.5 Å². The minimum Gasteiger partial charge on any atom is -0.496 e. The summed E-state index contributed by atoms with van der Waals surface area (Å²) in [6, 6.07) is 10.8. The van der Waals surface area contributed by atoms with Crippen molar-refractivity contribution in [3.05, 3.63) is 78.3 Å². The molecule has 0 saturated carbocycles. The van der Waals surface area contributed by atoms with Crippen molar-refractivity contribution in [3.63, 3.8) is 0 Å². The number of rotatable bonds is 9. The number of nitrogens with one attached hydrogen (secondary N) is 1. The van der Waals surface area contributed by atoms with Crippen molar-refractivity contribution in [2.24, 2.45) is 10.7 Å². The topological polar surface area (TPSA) is 138 Å². The Labute approximate surface area is 191 Å². The third kappa shape index (κ3) is 5.77. The highest BCUT2D eigenvalue weighted by atomic mass is 32.2. The highest BCUT2D eigenvalue weighted by Gasteiger charge is 2.24. The quantitative estimate of drug-likeness (QED) is 0.458. The Morgan fingerprint density at radius 2 is 1.97 bits per heavy atom. The Kier molecular flexibility index (Phi) is 7.46.